The molecule has 0 unspecified atom stereocenters. The van der Waals surface area contributed by atoms with Crippen molar-refractivity contribution in [1.82, 2.24) is 4.72 Å². The molecule has 4 rings (SSSR count). The number of rotatable bonds is 7. The first-order valence-corrected chi connectivity index (χ1v) is 12.0. The summed E-state index contributed by atoms with van der Waals surface area (Å²) in [5, 5.41) is 0. The third kappa shape index (κ3) is 5.32. The van der Waals surface area contributed by atoms with Crippen LogP contribution < -0.4 is 9.62 Å². The normalized spacial score (nSPS) is 14.8. The van der Waals surface area contributed by atoms with Crippen molar-refractivity contribution >= 4 is 33.4 Å². The zero-order valence-electron chi connectivity index (χ0n) is 18.5. The Hall–Kier alpha value is -3.98. The lowest BCUT2D eigenvalue weighted by molar-refractivity contribution is -0.146. The summed E-state index contributed by atoms with van der Waals surface area (Å²) in [5.41, 5.74) is 3.01. The van der Waals surface area contributed by atoms with Crippen molar-refractivity contribution in [3.63, 3.8) is 0 Å². The summed E-state index contributed by atoms with van der Waals surface area (Å²) in [6, 6.07) is 23.4. The number of amidine groups is 1. The molecule has 0 aliphatic carbocycles. The minimum Gasteiger partial charge on any atom is -0.454 e. The molecule has 8 nitrogen and oxygen atoms in total. The van der Waals surface area contributed by atoms with Crippen LogP contribution >= 0.6 is 0 Å². The smallest absolute Gasteiger partial charge is 0.328 e. The van der Waals surface area contributed by atoms with E-state index in [1.54, 1.807) is 23.1 Å². The second-order valence-corrected chi connectivity index (χ2v) is 9.38. The molecule has 9 heteroatoms. The number of anilines is 1. The van der Waals surface area contributed by atoms with Gasteiger partial charge in [-0.15, -0.1) is 0 Å². The van der Waals surface area contributed by atoms with Gasteiger partial charge in [0, 0.05) is 11.3 Å². The van der Waals surface area contributed by atoms with E-state index in [4.69, 9.17) is 4.74 Å². The number of carbonyl (C=O) groups excluding carboxylic acids is 2. The number of benzene rings is 3. The zero-order chi connectivity index (χ0) is 24.1. The molecule has 1 aliphatic rings. The van der Waals surface area contributed by atoms with E-state index in [1.807, 2.05) is 61.5 Å². The number of ether oxygens (including phenoxy) is 1. The van der Waals surface area contributed by atoms with Gasteiger partial charge in [0.15, 0.2) is 6.61 Å². The molecule has 1 aliphatic heterocycles. The predicted octanol–water partition coefficient (Wildman–Crippen LogP) is 2.81. The molecule has 0 spiro atoms. The summed E-state index contributed by atoms with van der Waals surface area (Å²) in [7, 11) is -3.70. The highest BCUT2D eigenvalue weighted by Crippen LogP contribution is 2.22. The van der Waals surface area contributed by atoms with E-state index >= 15 is 0 Å². The summed E-state index contributed by atoms with van der Waals surface area (Å²) in [5.74, 6) is -1.06. The van der Waals surface area contributed by atoms with E-state index in [0.717, 1.165) is 11.1 Å². The maximum Gasteiger partial charge on any atom is 0.328 e. The molecule has 1 N–H and O–H groups in total. The van der Waals surface area contributed by atoms with Gasteiger partial charge in [-0.3, -0.25) is 19.3 Å². The Balaban J connectivity index is 1.42. The third-order valence-corrected chi connectivity index (χ3v) is 6.58. The maximum atomic E-state index is 13.0. The SMILES string of the molecule is Cc1cccc(N(Cc2ccccc2)C(=O)COC(=O)CN=C2NS(=O)(=O)c3ccccc32)c1. The minimum absolute atomic E-state index is 0.0735. The van der Waals surface area contributed by atoms with Gasteiger partial charge >= 0.3 is 5.97 Å². The molecule has 0 radical (unpaired) electrons. The Kier molecular flexibility index (Phi) is 6.74. The van der Waals surface area contributed by atoms with Crippen LogP contribution in [0.5, 0.6) is 0 Å². The number of carbonyl (C=O) groups is 2. The van der Waals surface area contributed by atoms with Gasteiger partial charge in [-0.2, -0.15) is 0 Å². The first-order chi connectivity index (χ1) is 16.3. The van der Waals surface area contributed by atoms with E-state index < -0.39 is 29.1 Å². The summed E-state index contributed by atoms with van der Waals surface area (Å²) >= 11 is 0. The Morgan fingerprint density at radius 1 is 0.971 bits per heavy atom. The monoisotopic (exact) mass is 477 g/mol. The topological polar surface area (TPSA) is 105 Å². The van der Waals surface area contributed by atoms with Crippen LogP contribution in [0.2, 0.25) is 0 Å². The number of nitrogens with zero attached hydrogens (tertiary/aromatic N) is 2. The van der Waals surface area contributed by atoms with Crippen molar-refractivity contribution in [3.05, 3.63) is 95.6 Å². The lowest BCUT2D eigenvalue weighted by atomic mass is 10.1. The number of hydrogen-bond acceptors (Lipinski definition) is 6. The van der Waals surface area contributed by atoms with Gasteiger partial charge in [-0.05, 0) is 42.3 Å². The second-order valence-electron chi connectivity index (χ2n) is 7.73. The van der Waals surface area contributed by atoms with Crippen LogP contribution in [0.25, 0.3) is 0 Å². The highest BCUT2D eigenvalue weighted by atomic mass is 32.2. The lowest BCUT2D eigenvalue weighted by Gasteiger charge is -2.23. The van der Waals surface area contributed by atoms with Gasteiger partial charge in [-0.1, -0.05) is 54.6 Å². The van der Waals surface area contributed by atoms with Crippen LogP contribution in [0.3, 0.4) is 0 Å². The number of sulfonamides is 1. The molecule has 0 aromatic heterocycles. The number of amides is 1. The van der Waals surface area contributed by atoms with Crippen LogP contribution in [0.15, 0.2) is 88.8 Å². The van der Waals surface area contributed by atoms with Crippen LogP contribution in [-0.4, -0.2) is 39.3 Å². The fourth-order valence-corrected chi connectivity index (χ4v) is 4.80. The Morgan fingerprint density at radius 3 is 2.47 bits per heavy atom. The van der Waals surface area contributed by atoms with Gasteiger partial charge in [0.1, 0.15) is 12.4 Å². The molecule has 34 heavy (non-hydrogen) atoms. The van der Waals surface area contributed by atoms with Crippen LogP contribution in [0.4, 0.5) is 5.69 Å². The summed E-state index contributed by atoms with van der Waals surface area (Å²) in [6.07, 6.45) is 0. The molecule has 0 bridgehead atoms. The molecule has 1 amide bonds. The van der Waals surface area contributed by atoms with Crippen LogP contribution in [0.1, 0.15) is 16.7 Å². The minimum atomic E-state index is -3.70. The number of aryl methyl sites for hydroxylation is 1. The van der Waals surface area contributed by atoms with Crippen molar-refractivity contribution in [1.29, 1.82) is 0 Å². The Labute approximate surface area is 197 Å². The number of fused-ring (bicyclic) bond motifs is 1. The molecule has 3 aromatic rings. The van der Waals surface area contributed by atoms with E-state index in [-0.39, 0.29) is 16.6 Å². The van der Waals surface area contributed by atoms with Gasteiger partial charge in [0.25, 0.3) is 15.9 Å². The first-order valence-electron chi connectivity index (χ1n) is 10.6. The van der Waals surface area contributed by atoms with Crippen molar-refractivity contribution in [2.24, 2.45) is 4.99 Å². The first kappa shape index (κ1) is 23.2. The average Bonchev–Trinajstić information content (AvgIpc) is 3.10. The molecular weight excluding hydrogens is 454 g/mol. The van der Waals surface area contributed by atoms with Gasteiger partial charge < -0.3 is 9.64 Å². The van der Waals surface area contributed by atoms with E-state index in [2.05, 4.69) is 9.71 Å². The molecule has 3 aromatic carbocycles. The van der Waals surface area contributed by atoms with E-state index in [1.165, 1.54) is 6.07 Å². The number of hydrogen-bond donors (Lipinski definition) is 1. The van der Waals surface area contributed by atoms with Gasteiger partial charge in [0.2, 0.25) is 0 Å². The molecule has 0 atom stereocenters. The molecule has 174 valence electrons. The highest BCUT2D eigenvalue weighted by Gasteiger charge is 2.30. The molecule has 0 fully saturated rings. The standard InChI is InChI=1S/C25H23N3O5S/c1-18-8-7-11-20(14-18)28(16-19-9-3-2-4-10-19)23(29)17-33-24(30)15-26-25-21-12-5-6-13-22(21)34(31,32)27-25/h2-14H,15-17H2,1H3,(H,26,27). The summed E-state index contributed by atoms with van der Waals surface area (Å²) < 4.78 is 31.8. The van der Waals surface area contributed by atoms with E-state index in [9.17, 15) is 18.0 Å². The fourth-order valence-electron chi connectivity index (χ4n) is 3.55. The highest BCUT2D eigenvalue weighted by molar-refractivity contribution is 7.90. The Morgan fingerprint density at radius 2 is 1.71 bits per heavy atom. The lowest BCUT2D eigenvalue weighted by Crippen LogP contribution is -2.34. The largest absolute Gasteiger partial charge is 0.454 e. The maximum absolute atomic E-state index is 13.0. The summed E-state index contributed by atoms with van der Waals surface area (Å²) in [4.78, 5) is 31.0. The number of esters is 1. The fraction of sp³-hybridized carbons (Fsp3) is 0.160. The van der Waals surface area contributed by atoms with Gasteiger partial charge in [0.05, 0.1) is 11.4 Å². The molecule has 1 heterocycles. The van der Waals surface area contributed by atoms with Crippen molar-refractivity contribution in [2.45, 2.75) is 18.4 Å². The predicted molar refractivity (Wildman–Crippen MR) is 128 cm³/mol. The van der Waals surface area contributed by atoms with E-state index in [0.29, 0.717) is 17.8 Å². The van der Waals surface area contributed by atoms with Gasteiger partial charge in [-0.25, -0.2) is 8.42 Å². The summed E-state index contributed by atoms with van der Waals surface area (Å²) in [6.45, 7) is 1.36. The Bertz CT molecular complexity index is 1350. The number of aliphatic imine (C=N–C) groups is 1. The van der Waals surface area contributed by atoms with Crippen molar-refractivity contribution in [3.8, 4) is 0 Å². The quantitative estimate of drug-likeness (QED) is 0.527. The zero-order valence-corrected chi connectivity index (χ0v) is 19.3. The molecular formula is C25H23N3O5S. The third-order valence-electron chi connectivity index (χ3n) is 5.18. The molecule has 0 saturated heterocycles. The van der Waals surface area contributed by atoms with Crippen LogP contribution in [0, 0.1) is 6.92 Å². The number of nitrogens with one attached hydrogen (secondary N) is 1. The average molecular weight is 478 g/mol. The second kappa shape index (κ2) is 9.88. The van der Waals surface area contributed by atoms with Crippen molar-refractivity contribution < 1.29 is 22.7 Å². The molecule has 0 saturated carbocycles. The van der Waals surface area contributed by atoms with Crippen LogP contribution in [-0.2, 0) is 30.9 Å². The van der Waals surface area contributed by atoms with Crippen molar-refractivity contribution in [2.75, 3.05) is 18.1 Å².